The van der Waals surface area contributed by atoms with Gasteiger partial charge in [-0.2, -0.15) is 0 Å². The van der Waals surface area contributed by atoms with Crippen molar-refractivity contribution in [2.75, 3.05) is 19.0 Å². The van der Waals surface area contributed by atoms with E-state index in [0.29, 0.717) is 4.99 Å². The minimum absolute atomic E-state index is 0.352. The van der Waals surface area contributed by atoms with Crippen LogP contribution in [0.3, 0.4) is 0 Å². The fourth-order valence-corrected chi connectivity index (χ4v) is 2.03. The molecule has 0 aliphatic carbocycles. The third kappa shape index (κ3) is 3.68. The molecule has 0 unspecified atom stereocenters. The average molecular weight is 287 g/mol. The number of nitrogens with zero attached hydrogens (tertiary/aromatic N) is 1. The standard InChI is InChI=1S/C15H17N3OS/c1-19-12-6-4-11(5-7-12)8-10-18-15-13(14(16)20)3-2-9-17-15/h2-7,9H,8,10H2,1H3,(H2,16,20)(H,17,18). The van der Waals surface area contributed by atoms with Crippen molar-refractivity contribution < 1.29 is 4.74 Å². The summed E-state index contributed by atoms with van der Waals surface area (Å²) in [5, 5.41) is 3.26. The summed E-state index contributed by atoms with van der Waals surface area (Å²) in [5.74, 6) is 1.59. The van der Waals surface area contributed by atoms with Gasteiger partial charge in [-0.15, -0.1) is 0 Å². The second kappa shape index (κ2) is 6.86. The van der Waals surface area contributed by atoms with Crippen molar-refractivity contribution in [1.29, 1.82) is 0 Å². The molecule has 2 aromatic rings. The van der Waals surface area contributed by atoms with Gasteiger partial charge in [-0.05, 0) is 36.2 Å². The molecule has 0 aliphatic rings. The lowest BCUT2D eigenvalue weighted by Crippen LogP contribution is -2.15. The van der Waals surface area contributed by atoms with E-state index in [4.69, 9.17) is 22.7 Å². The number of thiocarbonyl (C=S) groups is 1. The van der Waals surface area contributed by atoms with E-state index in [9.17, 15) is 0 Å². The molecular formula is C15H17N3OS. The number of hydrogen-bond donors (Lipinski definition) is 2. The number of aromatic nitrogens is 1. The van der Waals surface area contributed by atoms with Crippen LogP contribution in [0, 0.1) is 0 Å². The Morgan fingerprint density at radius 3 is 2.70 bits per heavy atom. The van der Waals surface area contributed by atoms with Crippen LogP contribution < -0.4 is 15.8 Å². The zero-order valence-electron chi connectivity index (χ0n) is 11.3. The molecule has 0 fully saturated rings. The van der Waals surface area contributed by atoms with Crippen molar-refractivity contribution >= 4 is 23.0 Å². The number of rotatable bonds is 6. The van der Waals surface area contributed by atoms with Gasteiger partial charge in [-0.25, -0.2) is 4.98 Å². The Morgan fingerprint density at radius 1 is 1.30 bits per heavy atom. The highest BCUT2D eigenvalue weighted by molar-refractivity contribution is 7.80. The maximum absolute atomic E-state index is 5.67. The van der Waals surface area contributed by atoms with Gasteiger partial charge in [0.15, 0.2) is 0 Å². The normalized spacial score (nSPS) is 10.1. The van der Waals surface area contributed by atoms with Crippen LogP contribution in [0.4, 0.5) is 5.82 Å². The quantitative estimate of drug-likeness (QED) is 0.799. The zero-order chi connectivity index (χ0) is 14.4. The molecule has 1 heterocycles. The summed E-state index contributed by atoms with van der Waals surface area (Å²) in [6, 6.07) is 11.7. The van der Waals surface area contributed by atoms with Gasteiger partial charge in [-0.3, -0.25) is 0 Å². The number of nitrogens with two attached hydrogens (primary N) is 1. The van der Waals surface area contributed by atoms with Gasteiger partial charge >= 0.3 is 0 Å². The number of methoxy groups -OCH3 is 1. The van der Waals surface area contributed by atoms with E-state index in [1.807, 2.05) is 36.4 Å². The molecule has 0 atom stereocenters. The van der Waals surface area contributed by atoms with Crippen molar-refractivity contribution in [2.45, 2.75) is 6.42 Å². The number of anilines is 1. The Labute approximate surface area is 124 Å². The number of nitrogens with one attached hydrogen (secondary N) is 1. The predicted molar refractivity (Wildman–Crippen MR) is 85.3 cm³/mol. The molecule has 3 N–H and O–H groups in total. The summed E-state index contributed by atoms with van der Waals surface area (Å²) >= 11 is 5.01. The van der Waals surface area contributed by atoms with Crippen LogP contribution in [0.2, 0.25) is 0 Å². The minimum atomic E-state index is 0.352. The summed E-state index contributed by atoms with van der Waals surface area (Å²) in [5.41, 5.74) is 7.67. The van der Waals surface area contributed by atoms with Crippen LogP contribution in [0.5, 0.6) is 5.75 Å². The molecule has 1 aromatic heterocycles. The Balaban J connectivity index is 1.94. The maximum atomic E-state index is 5.67. The van der Waals surface area contributed by atoms with Gasteiger partial charge in [0.1, 0.15) is 16.6 Å². The number of hydrogen-bond acceptors (Lipinski definition) is 4. The maximum Gasteiger partial charge on any atom is 0.136 e. The highest BCUT2D eigenvalue weighted by Gasteiger charge is 2.04. The van der Waals surface area contributed by atoms with Gasteiger partial charge in [0.05, 0.1) is 12.7 Å². The Morgan fingerprint density at radius 2 is 2.05 bits per heavy atom. The van der Waals surface area contributed by atoms with Crippen LogP contribution in [0.25, 0.3) is 0 Å². The average Bonchev–Trinajstić information content (AvgIpc) is 2.48. The lowest BCUT2D eigenvalue weighted by Gasteiger charge is -2.10. The second-order valence-corrected chi connectivity index (χ2v) is 4.73. The largest absolute Gasteiger partial charge is 0.497 e. The molecule has 0 saturated heterocycles. The zero-order valence-corrected chi connectivity index (χ0v) is 12.1. The molecule has 0 saturated carbocycles. The molecule has 4 nitrogen and oxygen atoms in total. The Kier molecular flexibility index (Phi) is 4.90. The fourth-order valence-electron chi connectivity index (χ4n) is 1.86. The minimum Gasteiger partial charge on any atom is -0.497 e. The molecule has 2 rings (SSSR count). The Hall–Kier alpha value is -2.14. The van der Waals surface area contributed by atoms with Crippen LogP contribution in [0.15, 0.2) is 42.6 Å². The monoisotopic (exact) mass is 287 g/mol. The van der Waals surface area contributed by atoms with Crippen molar-refractivity contribution in [3.05, 3.63) is 53.7 Å². The molecule has 0 bridgehead atoms. The van der Waals surface area contributed by atoms with E-state index in [2.05, 4.69) is 10.3 Å². The van der Waals surface area contributed by atoms with E-state index < -0.39 is 0 Å². The van der Waals surface area contributed by atoms with Crippen molar-refractivity contribution in [1.82, 2.24) is 4.98 Å². The van der Waals surface area contributed by atoms with Crippen LogP contribution in [-0.4, -0.2) is 23.6 Å². The van der Waals surface area contributed by atoms with Gasteiger partial charge in [0, 0.05) is 12.7 Å². The number of pyridine rings is 1. The molecule has 5 heteroatoms. The second-order valence-electron chi connectivity index (χ2n) is 4.29. The summed E-state index contributed by atoms with van der Waals surface area (Å²) in [6.45, 7) is 0.763. The van der Waals surface area contributed by atoms with Crippen LogP contribution >= 0.6 is 12.2 Å². The van der Waals surface area contributed by atoms with E-state index in [1.54, 1.807) is 13.3 Å². The third-order valence-electron chi connectivity index (χ3n) is 2.94. The highest BCUT2D eigenvalue weighted by Crippen LogP contribution is 2.13. The topological polar surface area (TPSA) is 60.2 Å². The first-order valence-electron chi connectivity index (χ1n) is 6.32. The first-order chi connectivity index (χ1) is 9.70. The van der Waals surface area contributed by atoms with Gasteiger partial charge in [0.2, 0.25) is 0 Å². The molecule has 0 radical (unpaired) electrons. The van der Waals surface area contributed by atoms with Crippen molar-refractivity contribution in [2.24, 2.45) is 5.73 Å². The SMILES string of the molecule is COc1ccc(CCNc2ncccc2C(N)=S)cc1. The number of benzene rings is 1. The van der Waals surface area contributed by atoms with Crippen molar-refractivity contribution in [3.8, 4) is 5.75 Å². The van der Waals surface area contributed by atoms with E-state index >= 15 is 0 Å². The summed E-state index contributed by atoms with van der Waals surface area (Å²) < 4.78 is 5.13. The lowest BCUT2D eigenvalue weighted by molar-refractivity contribution is 0.414. The molecule has 0 amide bonds. The van der Waals surface area contributed by atoms with Crippen LogP contribution in [0.1, 0.15) is 11.1 Å². The van der Waals surface area contributed by atoms with Gasteiger partial charge in [-0.1, -0.05) is 24.4 Å². The molecule has 0 aliphatic heterocycles. The molecule has 1 aromatic carbocycles. The molecular weight excluding hydrogens is 270 g/mol. The summed E-state index contributed by atoms with van der Waals surface area (Å²) in [4.78, 5) is 4.61. The van der Waals surface area contributed by atoms with Gasteiger partial charge < -0.3 is 15.8 Å². The van der Waals surface area contributed by atoms with Crippen molar-refractivity contribution in [3.63, 3.8) is 0 Å². The molecule has 0 spiro atoms. The fraction of sp³-hybridized carbons (Fsp3) is 0.200. The highest BCUT2D eigenvalue weighted by atomic mass is 32.1. The number of ether oxygens (including phenoxy) is 1. The third-order valence-corrected chi connectivity index (χ3v) is 3.16. The smallest absolute Gasteiger partial charge is 0.136 e. The first-order valence-corrected chi connectivity index (χ1v) is 6.73. The Bertz CT molecular complexity index is 584. The van der Waals surface area contributed by atoms with E-state index in [-0.39, 0.29) is 0 Å². The summed E-state index contributed by atoms with van der Waals surface area (Å²) in [7, 11) is 1.66. The summed E-state index contributed by atoms with van der Waals surface area (Å²) in [6.07, 6.45) is 2.61. The van der Waals surface area contributed by atoms with E-state index in [1.165, 1.54) is 5.56 Å². The first kappa shape index (κ1) is 14.3. The molecule has 20 heavy (non-hydrogen) atoms. The van der Waals surface area contributed by atoms with Crippen LogP contribution in [-0.2, 0) is 6.42 Å². The predicted octanol–water partition coefficient (Wildman–Crippen LogP) is 2.38. The van der Waals surface area contributed by atoms with Gasteiger partial charge in [0.25, 0.3) is 0 Å². The lowest BCUT2D eigenvalue weighted by atomic mass is 10.1. The molecule has 104 valence electrons. The van der Waals surface area contributed by atoms with E-state index in [0.717, 1.165) is 30.1 Å².